The summed E-state index contributed by atoms with van der Waals surface area (Å²) in [6, 6.07) is 0.257. The van der Waals surface area contributed by atoms with Gasteiger partial charge in [0.25, 0.3) is 0 Å². The molecule has 13 heavy (non-hydrogen) atoms. The van der Waals surface area contributed by atoms with Gasteiger partial charge in [0, 0.05) is 13.1 Å². The highest BCUT2D eigenvalue weighted by Gasteiger charge is 2.30. The van der Waals surface area contributed by atoms with E-state index in [2.05, 4.69) is 0 Å². The van der Waals surface area contributed by atoms with E-state index in [0.717, 1.165) is 12.8 Å². The van der Waals surface area contributed by atoms with Gasteiger partial charge in [0.05, 0.1) is 5.25 Å². The zero-order valence-electron chi connectivity index (χ0n) is 8.66. The number of rotatable bonds is 3. The predicted octanol–water partition coefficient (Wildman–Crippen LogP) is 1.60. The molecule has 3 nitrogen and oxygen atoms in total. The lowest BCUT2D eigenvalue weighted by molar-refractivity contribution is 0.369. The van der Waals surface area contributed by atoms with Crippen molar-refractivity contribution in [2.45, 2.75) is 50.8 Å². The topological polar surface area (TPSA) is 37.4 Å². The molecule has 0 radical (unpaired) electrons. The van der Waals surface area contributed by atoms with E-state index in [1.54, 1.807) is 25.2 Å². The lowest BCUT2D eigenvalue weighted by atomic mass is 10.3. The van der Waals surface area contributed by atoms with E-state index in [0.29, 0.717) is 0 Å². The van der Waals surface area contributed by atoms with Crippen molar-refractivity contribution in [1.29, 1.82) is 0 Å². The second-order valence-electron chi connectivity index (χ2n) is 4.05. The summed E-state index contributed by atoms with van der Waals surface area (Å²) < 4.78 is 25.1. The van der Waals surface area contributed by atoms with Gasteiger partial charge >= 0.3 is 0 Å². The predicted molar refractivity (Wildman–Crippen MR) is 54.1 cm³/mol. The maximum absolute atomic E-state index is 11.7. The molecule has 1 saturated carbocycles. The summed E-state index contributed by atoms with van der Waals surface area (Å²) in [6.07, 6.45) is 4.40. The standard InChI is InChI=1S/C9H19NO2S/c1-8(2)13(11,12)10(3)9-6-4-5-7-9/h8-9H,4-7H2,1-3H3. The van der Waals surface area contributed by atoms with Crippen molar-refractivity contribution >= 4 is 10.0 Å². The van der Waals surface area contributed by atoms with Crippen LogP contribution in [-0.4, -0.2) is 31.1 Å². The highest BCUT2D eigenvalue weighted by Crippen LogP contribution is 2.25. The van der Waals surface area contributed by atoms with Crippen LogP contribution in [0.2, 0.25) is 0 Å². The molecule has 0 aromatic carbocycles. The molecule has 0 aliphatic heterocycles. The molecule has 78 valence electrons. The van der Waals surface area contributed by atoms with Crippen LogP contribution in [0.25, 0.3) is 0 Å². The van der Waals surface area contributed by atoms with Crippen molar-refractivity contribution in [2.24, 2.45) is 0 Å². The fourth-order valence-corrected chi connectivity index (χ4v) is 3.10. The molecule has 0 unspecified atom stereocenters. The molecule has 0 N–H and O–H groups in total. The molecule has 0 amide bonds. The Labute approximate surface area is 81.2 Å². The van der Waals surface area contributed by atoms with Gasteiger partial charge in [-0.2, -0.15) is 0 Å². The SMILES string of the molecule is CC(C)S(=O)(=O)N(C)C1CCCC1. The monoisotopic (exact) mass is 205 g/mol. The van der Waals surface area contributed by atoms with Gasteiger partial charge in [-0.1, -0.05) is 12.8 Å². The summed E-state index contributed by atoms with van der Waals surface area (Å²) in [7, 11) is -1.31. The van der Waals surface area contributed by atoms with Crippen LogP contribution in [0, 0.1) is 0 Å². The minimum Gasteiger partial charge on any atom is -0.212 e. The fourth-order valence-electron chi connectivity index (χ4n) is 1.81. The number of nitrogens with zero attached hydrogens (tertiary/aromatic N) is 1. The molecule has 0 aromatic heterocycles. The zero-order valence-corrected chi connectivity index (χ0v) is 9.47. The largest absolute Gasteiger partial charge is 0.216 e. The average Bonchev–Trinajstić information content (AvgIpc) is 2.54. The first-order valence-electron chi connectivity index (χ1n) is 4.93. The van der Waals surface area contributed by atoms with E-state index in [9.17, 15) is 8.42 Å². The minimum absolute atomic E-state index is 0.257. The molecule has 0 atom stereocenters. The molecule has 0 aromatic rings. The quantitative estimate of drug-likeness (QED) is 0.702. The third-order valence-corrected chi connectivity index (χ3v) is 5.13. The lowest BCUT2D eigenvalue weighted by Crippen LogP contribution is -2.39. The first-order chi connectivity index (χ1) is 5.96. The van der Waals surface area contributed by atoms with Crippen molar-refractivity contribution in [3.63, 3.8) is 0 Å². The molecule has 0 heterocycles. The third-order valence-electron chi connectivity index (χ3n) is 2.84. The summed E-state index contributed by atoms with van der Waals surface area (Å²) in [5.74, 6) is 0. The van der Waals surface area contributed by atoms with Crippen LogP contribution in [0.15, 0.2) is 0 Å². The first kappa shape index (κ1) is 11.0. The van der Waals surface area contributed by atoms with Crippen LogP contribution in [0.1, 0.15) is 39.5 Å². The molecule has 1 fully saturated rings. The molecule has 0 spiro atoms. The van der Waals surface area contributed by atoms with Crippen LogP contribution < -0.4 is 0 Å². The van der Waals surface area contributed by atoms with E-state index in [1.165, 1.54) is 12.8 Å². The lowest BCUT2D eigenvalue weighted by Gasteiger charge is -2.25. The Morgan fingerprint density at radius 1 is 1.23 bits per heavy atom. The van der Waals surface area contributed by atoms with Crippen LogP contribution in [-0.2, 0) is 10.0 Å². The van der Waals surface area contributed by atoms with Crippen molar-refractivity contribution < 1.29 is 8.42 Å². The number of sulfonamides is 1. The maximum atomic E-state index is 11.7. The normalized spacial score (nSPS) is 20.4. The Bertz CT molecular complexity index is 253. The van der Waals surface area contributed by atoms with Crippen LogP contribution in [0.3, 0.4) is 0 Å². The summed E-state index contributed by atoms with van der Waals surface area (Å²) in [5, 5.41) is -0.293. The van der Waals surface area contributed by atoms with Crippen LogP contribution in [0.5, 0.6) is 0 Å². The fraction of sp³-hybridized carbons (Fsp3) is 1.00. The Morgan fingerprint density at radius 2 is 1.69 bits per heavy atom. The molecule has 1 aliphatic carbocycles. The van der Waals surface area contributed by atoms with Crippen LogP contribution in [0.4, 0.5) is 0 Å². The minimum atomic E-state index is -3.03. The molecular weight excluding hydrogens is 186 g/mol. The molecule has 1 rings (SSSR count). The smallest absolute Gasteiger partial charge is 0.212 e. The van der Waals surface area contributed by atoms with Gasteiger partial charge in [-0.3, -0.25) is 0 Å². The molecular formula is C9H19NO2S. The van der Waals surface area contributed by atoms with Crippen molar-refractivity contribution in [3.05, 3.63) is 0 Å². The molecule has 0 saturated heterocycles. The van der Waals surface area contributed by atoms with Gasteiger partial charge in [0.1, 0.15) is 0 Å². The second kappa shape index (κ2) is 3.96. The van der Waals surface area contributed by atoms with Gasteiger partial charge < -0.3 is 0 Å². The molecule has 1 aliphatic rings. The van der Waals surface area contributed by atoms with E-state index >= 15 is 0 Å². The van der Waals surface area contributed by atoms with E-state index < -0.39 is 10.0 Å². The van der Waals surface area contributed by atoms with Gasteiger partial charge in [0.2, 0.25) is 10.0 Å². The first-order valence-corrected chi connectivity index (χ1v) is 6.43. The van der Waals surface area contributed by atoms with Crippen molar-refractivity contribution in [2.75, 3.05) is 7.05 Å². The Morgan fingerprint density at radius 3 is 2.08 bits per heavy atom. The molecule has 4 heteroatoms. The Kier molecular flexibility index (Phi) is 3.35. The van der Waals surface area contributed by atoms with E-state index in [-0.39, 0.29) is 11.3 Å². The highest BCUT2D eigenvalue weighted by molar-refractivity contribution is 7.89. The van der Waals surface area contributed by atoms with E-state index in [4.69, 9.17) is 0 Å². The van der Waals surface area contributed by atoms with Gasteiger partial charge in [-0.15, -0.1) is 0 Å². The average molecular weight is 205 g/mol. The summed E-state index contributed by atoms with van der Waals surface area (Å²) in [4.78, 5) is 0. The summed E-state index contributed by atoms with van der Waals surface area (Å²) >= 11 is 0. The summed E-state index contributed by atoms with van der Waals surface area (Å²) in [6.45, 7) is 3.47. The van der Waals surface area contributed by atoms with Gasteiger partial charge in [-0.05, 0) is 26.7 Å². The number of hydrogen-bond donors (Lipinski definition) is 0. The maximum Gasteiger partial charge on any atom is 0.216 e. The summed E-state index contributed by atoms with van der Waals surface area (Å²) in [5.41, 5.74) is 0. The Balaban J connectivity index is 2.71. The van der Waals surface area contributed by atoms with Gasteiger partial charge in [-0.25, -0.2) is 12.7 Å². The van der Waals surface area contributed by atoms with E-state index in [1.807, 2.05) is 0 Å². The van der Waals surface area contributed by atoms with Crippen molar-refractivity contribution in [3.8, 4) is 0 Å². The number of hydrogen-bond acceptors (Lipinski definition) is 2. The third kappa shape index (κ3) is 2.23. The highest BCUT2D eigenvalue weighted by atomic mass is 32.2. The van der Waals surface area contributed by atoms with Gasteiger partial charge in [0.15, 0.2) is 0 Å². The zero-order chi connectivity index (χ0) is 10.1. The Hall–Kier alpha value is -0.0900. The van der Waals surface area contributed by atoms with Crippen molar-refractivity contribution in [1.82, 2.24) is 4.31 Å². The second-order valence-corrected chi connectivity index (χ2v) is 6.60. The van der Waals surface area contributed by atoms with Crippen LogP contribution >= 0.6 is 0 Å². The molecule has 0 bridgehead atoms.